The molecule has 1 aromatic carbocycles. The molecule has 2 saturated carbocycles. The van der Waals surface area contributed by atoms with Gasteiger partial charge in [0.15, 0.2) is 0 Å². The molecule has 0 bridgehead atoms. The number of ether oxygens (including phenoxy) is 1. The summed E-state index contributed by atoms with van der Waals surface area (Å²) >= 11 is 0. The molecule has 34 heavy (non-hydrogen) atoms. The highest BCUT2D eigenvalue weighted by molar-refractivity contribution is 5.81. The first-order valence-corrected chi connectivity index (χ1v) is 13.1. The molecule has 1 heterocycles. The van der Waals surface area contributed by atoms with Crippen LogP contribution in [0.2, 0.25) is 0 Å². The first-order chi connectivity index (χ1) is 16.1. The summed E-state index contributed by atoms with van der Waals surface area (Å²) in [5.41, 5.74) is 1.94. The van der Waals surface area contributed by atoms with Crippen LogP contribution in [0.1, 0.15) is 78.2 Å². The average molecular weight is 465 g/mol. The summed E-state index contributed by atoms with van der Waals surface area (Å²) in [6.07, 6.45) is 9.26. The Kier molecular flexibility index (Phi) is 5.61. The Morgan fingerprint density at radius 1 is 1.09 bits per heavy atom. The van der Waals surface area contributed by atoms with Gasteiger partial charge in [-0.15, -0.1) is 0 Å². The highest BCUT2D eigenvalue weighted by Gasteiger charge is 2.60. The third-order valence-corrected chi connectivity index (χ3v) is 10.2. The van der Waals surface area contributed by atoms with E-state index in [1.807, 2.05) is 24.3 Å². The smallest absolute Gasteiger partial charge is 0.224 e. The van der Waals surface area contributed by atoms with Crippen LogP contribution < -0.4 is 15.4 Å². The van der Waals surface area contributed by atoms with Gasteiger partial charge in [0.05, 0.1) is 12.6 Å². The van der Waals surface area contributed by atoms with Gasteiger partial charge < -0.3 is 15.4 Å². The van der Waals surface area contributed by atoms with Crippen molar-refractivity contribution >= 4 is 11.8 Å². The van der Waals surface area contributed by atoms with Crippen molar-refractivity contribution in [1.29, 1.82) is 0 Å². The summed E-state index contributed by atoms with van der Waals surface area (Å²) in [6.45, 7) is 8.93. The molecule has 5 nitrogen and oxygen atoms in total. The predicted octanol–water partition coefficient (Wildman–Crippen LogP) is 5.31. The first kappa shape index (κ1) is 23.4. The van der Waals surface area contributed by atoms with Crippen LogP contribution in [0.5, 0.6) is 5.75 Å². The summed E-state index contributed by atoms with van der Waals surface area (Å²) in [7, 11) is 1.67. The molecule has 1 aromatic rings. The number of methoxy groups -OCH3 is 1. The molecule has 2 amide bonds. The molecule has 1 saturated heterocycles. The Labute approximate surface area is 204 Å². The molecule has 2 N–H and O–H groups in total. The van der Waals surface area contributed by atoms with Crippen LogP contribution in [0.25, 0.3) is 0 Å². The lowest BCUT2D eigenvalue weighted by Crippen LogP contribution is -2.54. The van der Waals surface area contributed by atoms with E-state index in [1.54, 1.807) is 7.11 Å². The average Bonchev–Trinajstić information content (AvgIpc) is 3.16. The largest absolute Gasteiger partial charge is 0.497 e. The maximum absolute atomic E-state index is 13.7. The summed E-state index contributed by atoms with van der Waals surface area (Å²) in [5, 5.41) is 6.59. The van der Waals surface area contributed by atoms with Crippen molar-refractivity contribution in [2.45, 2.75) is 78.2 Å². The number of benzene rings is 1. The first-order valence-electron chi connectivity index (χ1n) is 13.1. The van der Waals surface area contributed by atoms with Crippen molar-refractivity contribution < 1.29 is 14.3 Å². The Bertz CT molecular complexity index is 1010. The van der Waals surface area contributed by atoms with E-state index in [9.17, 15) is 9.59 Å². The molecule has 4 aliphatic rings. The minimum Gasteiger partial charge on any atom is -0.497 e. The summed E-state index contributed by atoms with van der Waals surface area (Å²) in [5.74, 6) is 3.02. The maximum Gasteiger partial charge on any atom is 0.224 e. The second-order valence-electron chi connectivity index (χ2n) is 12.2. The number of piperidine rings is 1. The number of allylic oxidation sites excluding steroid dienone is 2. The second-order valence-corrected chi connectivity index (χ2v) is 12.2. The third kappa shape index (κ3) is 3.58. The third-order valence-electron chi connectivity index (χ3n) is 10.2. The quantitative estimate of drug-likeness (QED) is 0.635. The van der Waals surface area contributed by atoms with E-state index in [0.717, 1.165) is 49.8 Å². The second kappa shape index (κ2) is 8.13. The minimum absolute atomic E-state index is 0.0425. The molecule has 3 fully saturated rings. The van der Waals surface area contributed by atoms with Crippen LogP contribution in [-0.2, 0) is 15.1 Å². The lowest BCUT2D eigenvalue weighted by molar-refractivity contribution is -0.134. The monoisotopic (exact) mass is 464 g/mol. The zero-order chi connectivity index (χ0) is 24.3. The molecule has 0 spiro atoms. The minimum atomic E-state index is -0.439. The number of nitrogens with one attached hydrogen (secondary N) is 2. The molecule has 0 radical (unpaired) electrons. The van der Waals surface area contributed by atoms with Gasteiger partial charge in [-0.2, -0.15) is 0 Å². The van der Waals surface area contributed by atoms with Gasteiger partial charge in [0.25, 0.3) is 0 Å². The molecular formula is C29H40N2O3. The zero-order valence-corrected chi connectivity index (χ0v) is 21.4. The number of rotatable bonds is 4. The normalized spacial score (nSPS) is 37.0. The molecule has 5 heteroatoms. The van der Waals surface area contributed by atoms with Gasteiger partial charge in [-0.25, -0.2) is 0 Å². The highest BCUT2D eigenvalue weighted by Crippen LogP contribution is 2.65. The van der Waals surface area contributed by atoms with Gasteiger partial charge >= 0.3 is 0 Å². The Balaban J connectivity index is 1.34. The molecule has 6 atom stereocenters. The topological polar surface area (TPSA) is 67.4 Å². The van der Waals surface area contributed by atoms with Gasteiger partial charge in [0.2, 0.25) is 11.8 Å². The number of carbonyl (C=O) groups excluding carboxylic acids is 2. The Morgan fingerprint density at radius 2 is 1.82 bits per heavy atom. The number of hydrogen-bond donors (Lipinski definition) is 2. The van der Waals surface area contributed by atoms with Crippen molar-refractivity contribution in [3.8, 4) is 5.75 Å². The highest BCUT2D eigenvalue weighted by atomic mass is 16.5. The van der Waals surface area contributed by atoms with Crippen LogP contribution in [0.4, 0.5) is 0 Å². The summed E-state index contributed by atoms with van der Waals surface area (Å²) in [6, 6.07) is 7.99. The number of carbonyl (C=O) groups is 2. The van der Waals surface area contributed by atoms with E-state index in [4.69, 9.17) is 4.74 Å². The van der Waals surface area contributed by atoms with E-state index < -0.39 is 5.54 Å². The molecular weight excluding hydrogens is 424 g/mol. The van der Waals surface area contributed by atoms with Gasteiger partial charge in [-0.1, -0.05) is 32.1 Å². The number of fused-ring (bicyclic) bond motifs is 5. The molecule has 0 aromatic heterocycles. The Hall–Kier alpha value is -2.30. The molecule has 1 unspecified atom stereocenters. The van der Waals surface area contributed by atoms with Crippen molar-refractivity contribution in [2.24, 2.45) is 34.5 Å². The van der Waals surface area contributed by atoms with E-state index in [-0.39, 0.29) is 28.6 Å². The number of amides is 2. The van der Waals surface area contributed by atoms with Crippen LogP contribution in [-0.4, -0.2) is 18.9 Å². The van der Waals surface area contributed by atoms with Crippen molar-refractivity contribution in [3.63, 3.8) is 0 Å². The molecule has 184 valence electrons. The van der Waals surface area contributed by atoms with Crippen molar-refractivity contribution in [1.82, 2.24) is 10.6 Å². The van der Waals surface area contributed by atoms with Gasteiger partial charge in [0, 0.05) is 23.5 Å². The maximum atomic E-state index is 13.7. The Morgan fingerprint density at radius 3 is 2.53 bits per heavy atom. The lowest BCUT2D eigenvalue weighted by Gasteiger charge is -2.57. The van der Waals surface area contributed by atoms with Crippen LogP contribution in [0, 0.1) is 34.5 Å². The zero-order valence-electron chi connectivity index (χ0n) is 21.4. The van der Waals surface area contributed by atoms with Crippen LogP contribution >= 0.6 is 0 Å². The molecule has 1 aliphatic heterocycles. The van der Waals surface area contributed by atoms with E-state index >= 15 is 0 Å². The fourth-order valence-corrected chi connectivity index (χ4v) is 8.10. The van der Waals surface area contributed by atoms with Gasteiger partial charge in [0.1, 0.15) is 5.75 Å². The summed E-state index contributed by atoms with van der Waals surface area (Å²) in [4.78, 5) is 25.7. The van der Waals surface area contributed by atoms with E-state index in [1.165, 1.54) is 5.70 Å². The molecule has 3 aliphatic carbocycles. The predicted molar refractivity (Wildman–Crippen MR) is 133 cm³/mol. The SMILES string of the molecule is COc1ccc(C(C)(C)NC(=O)C2CC[C@H]3[C@@H]4CC=C5NC(=O)CC[C@]5(C)[C@@H]4CC[C@]23C)cc1. The van der Waals surface area contributed by atoms with Crippen LogP contribution in [0.15, 0.2) is 36.0 Å². The van der Waals surface area contributed by atoms with Gasteiger partial charge in [-0.05, 0) is 93.2 Å². The van der Waals surface area contributed by atoms with Gasteiger partial charge in [-0.3, -0.25) is 9.59 Å². The van der Waals surface area contributed by atoms with Crippen molar-refractivity contribution in [2.75, 3.05) is 7.11 Å². The lowest BCUT2D eigenvalue weighted by atomic mass is 9.49. The fraction of sp³-hybridized carbons (Fsp3) is 0.655. The van der Waals surface area contributed by atoms with Crippen LogP contribution in [0.3, 0.4) is 0 Å². The standard InChI is InChI=1S/C29H40N2O3/c1-27(2,18-6-8-19(34-5)9-7-18)31-26(33)23-12-11-21-20-10-13-24-29(4,17-15-25(32)30-24)22(20)14-16-28(21,23)3/h6-9,13,20-23H,10-12,14-17H2,1-5H3,(H,30,32)(H,31,33)/t20-,21-,22+,23?,28-,29+/m0/s1. The number of hydrogen-bond acceptors (Lipinski definition) is 3. The fourth-order valence-electron chi connectivity index (χ4n) is 8.10. The molecule has 5 rings (SSSR count). The van der Waals surface area contributed by atoms with E-state index in [2.05, 4.69) is 44.4 Å². The van der Waals surface area contributed by atoms with Crippen molar-refractivity contribution in [3.05, 3.63) is 41.6 Å². The van der Waals surface area contributed by atoms with E-state index in [0.29, 0.717) is 24.2 Å². The summed E-state index contributed by atoms with van der Waals surface area (Å²) < 4.78 is 5.29.